The number of nitrogens with two attached hydrogens (primary N) is 1. The van der Waals surface area contributed by atoms with E-state index in [0.29, 0.717) is 0 Å². The van der Waals surface area contributed by atoms with Gasteiger partial charge in [-0.05, 0) is 23.6 Å². The number of primary amides is 1. The topological polar surface area (TPSA) is 84.2 Å². The summed E-state index contributed by atoms with van der Waals surface area (Å²) in [6, 6.07) is 5.26. The van der Waals surface area contributed by atoms with Crippen LogP contribution in [-0.4, -0.2) is 11.9 Å². The molecule has 5 nitrogen and oxygen atoms in total. The number of benzene rings is 1. The van der Waals surface area contributed by atoms with Crippen molar-refractivity contribution in [2.24, 2.45) is 5.73 Å². The van der Waals surface area contributed by atoms with Crippen molar-refractivity contribution in [1.29, 1.82) is 0 Å². The van der Waals surface area contributed by atoms with Crippen molar-refractivity contribution in [2.45, 2.75) is 12.5 Å². The van der Waals surface area contributed by atoms with E-state index in [1.165, 1.54) is 17.4 Å². The third-order valence-electron chi connectivity index (χ3n) is 2.80. The van der Waals surface area contributed by atoms with Gasteiger partial charge < -0.3 is 16.4 Å². The van der Waals surface area contributed by atoms with E-state index in [9.17, 15) is 18.4 Å². The minimum atomic E-state index is -1.05. The average molecular weight is 325 g/mol. The normalized spacial score (nSPS) is 11.7. The Bertz CT molecular complexity index is 677. The lowest BCUT2D eigenvalue weighted by Gasteiger charge is -2.16. The zero-order valence-corrected chi connectivity index (χ0v) is 12.1. The summed E-state index contributed by atoms with van der Waals surface area (Å²) in [6.45, 7) is 0. The van der Waals surface area contributed by atoms with Gasteiger partial charge >= 0.3 is 6.03 Å². The molecule has 0 aliphatic rings. The van der Waals surface area contributed by atoms with Crippen LogP contribution in [0.15, 0.2) is 35.7 Å². The number of anilines is 1. The van der Waals surface area contributed by atoms with E-state index >= 15 is 0 Å². The van der Waals surface area contributed by atoms with Crippen LogP contribution in [0.2, 0.25) is 0 Å². The van der Waals surface area contributed by atoms with Crippen molar-refractivity contribution in [3.63, 3.8) is 0 Å². The summed E-state index contributed by atoms with van der Waals surface area (Å²) in [5.74, 6) is -2.51. The first-order chi connectivity index (χ1) is 10.5. The van der Waals surface area contributed by atoms with Crippen LogP contribution >= 0.6 is 11.3 Å². The van der Waals surface area contributed by atoms with Gasteiger partial charge in [-0.2, -0.15) is 0 Å². The Labute approximate surface area is 129 Å². The van der Waals surface area contributed by atoms with Gasteiger partial charge in [0.2, 0.25) is 5.91 Å². The number of urea groups is 1. The quantitative estimate of drug-likeness (QED) is 0.790. The molecule has 1 heterocycles. The number of carbonyl (C=O) groups excluding carboxylic acids is 2. The largest absolute Gasteiger partial charge is 0.352 e. The van der Waals surface area contributed by atoms with Gasteiger partial charge in [-0.3, -0.25) is 4.79 Å². The fourth-order valence-corrected chi connectivity index (χ4v) is 2.63. The number of rotatable bonds is 5. The lowest BCUT2D eigenvalue weighted by molar-refractivity contribution is -0.116. The molecule has 116 valence electrons. The number of carbonyl (C=O) groups is 2. The molecule has 0 bridgehead atoms. The van der Waals surface area contributed by atoms with Crippen LogP contribution in [0.1, 0.15) is 17.3 Å². The molecule has 22 heavy (non-hydrogen) atoms. The summed E-state index contributed by atoms with van der Waals surface area (Å²) in [6.07, 6.45) is -0.0809. The molecule has 2 rings (SSSR count). The lowest BCUT2D eigenvalue weighted by atomic mass is 10.1. The Morgan fingerprint density at radius 2 is 2.00 bits per heavy atom. The zero-order chi connectivity index (χ0) is 16.1. The van der Waals surface area contributed by atoms with E-state index in [4.69, 9.17) is 5.73 Å². The number of halogens is 2. The molecule has 2 aromatic rings. The van der Waals surface area contributed by atoms with Crippen LogP contribution in [0.25, 0.3) is 0 Å². The summed E-state index contributed by atoms with van der Waals surface area (Å²) < 4.78 is 25.9. The monoisotopic (exact) mass is 325 g/mol. The molecular weight excluding hydrogens is 312 g/mol. The fraction of sp³-hybridized carbons (Fsp3) is 0.143. The molecule has 0 aliphatic heterocycles. The zero-order valence-electron chi connectivity index (χ0n) is 11.3. The molecule has 0 aliphatic carbocycles. The van der Waals surface area contributed by atoms with Gasteiger partial charge in [-0.25, -0.2) is 13.6 Å². The minimum Gasteiger partial charge on any atom is -0.352 e. The van der Waals surface area contributed by atoms with E-state index in [1.807, 2.05) is 0 Å². The van der Waals surface area contributed by atoms with Crippen LogP contribution in [0.5, 0.6) is 0 Å². The maximum atomic E-state index is 13.1. The number of hydrogen-bond acceptors (Lipinski definition) is 3. The van der Waals surface area contributed by atoms with Crippen molar-refractivity contribution in [2.75, 3.05) is 5.32 Å². The molecule has 0 saturated carbocycles. The van der Waals surface area contributed by atoms with Crippen molar-refractivity contribution < 1.29 is 18.4 Å². The summed E-state index contributed by atoms with van der Waals surface area (Å²) in [7, 11) is 0. The lowest BCUT2D eigenvalue weighted by Crippen LogP contribution is -2.34. The van der Waals surface area contributed by atoms with Gasteiger partial charge in [0, 0.05) is 16.6 Å². The second-order valence-electron chi connectivity index (χ2n) is 4.46. The van der Waals surface area contributed by atoms with E-state index < -0.39 is 29.6 Å². The third kappa shape index (κ3) is 4.26. The third-order valence-corrected chi connectivity index (χ3v) is 3.78. The van der Waals surface area contributed by atoms with Crippen molar-refractivity contribution in [3.05, 3.63) is 52.2 Å². The molecule has 1 unspecified atom stereocenters. The molecule has 0 spiro atoms. The molecule has 8 heteroatoms. The van der Waals surface area contributed by atoms with Crippen molar-refractivity contribution in [3.8, 4) is 0 Å². The first-order valence-electron chi connectivity index (χ1n) is 6.30. The number of amides is 3. The standard InChI is InChI=1S/C14H13F2N3O2S/c15-9-4-3-8(6-10(9)16)18-13(20)7-11(19-14(17)21)12-2-1-5-22-12/h1-6,11H,7H2,(H,18,20)(H3,17,19,21). The molecule has 1 atom stereocenters. The van der Waals surface area contributed by atoms with Crippen LogP contribution in [0.3, 0.4) is 0 Å². The Morgan fingerprint density at radius 3 is 2.59 bits per heavy atom. The van der Waals surface area contributed by atoms with Gasteiger partial charge in [-0.1, -0.05) is 6.07 Å². The second kappa shape index (κ2) is 6.99. The highest BCUT2D eigenvalue weighted by Gasteiger charge is 2.18. The molecule has 4 N–H and O–H groups in total. The summed E-state index contributed by atoms with van der Waals surface area (Å²) in [5, 5.41) is 6.72. The van der Waals surface area contributed by atoms with Gasteiger partial charge in [0.05, 0.1) is 12.5 Å². The predicted octanol–water partition coefficient (Wildman–Crippen LogP) is 2.76. The maximum absolute atomic E-state index is 13.1. The molecule has 0 radical (unpaired) electrons. The maximum Gasteiger partial charge on any atom is 0.312 e. The SMILES string of the molecule is NC(=O)NC(CC(=O)Nc1ccc(F)c(F)c1)c1cccs1. The Morgan fingerprint density at radius 1 is 1.23 bits per heavy atom. The van der Waals surface area contributed by atoms with Crippen LogP contribution in [0.4, 0.5) is 19.3 Å². The van der Waals surface area contributed by atoms with Crippen molar-refractivity contribution in [1.82, 2.24) is 5.32 Å². The van der Waals surface area contributed by atoms with Gasteiger partial charge in [0.15, 0.2) is 11.6 Å². The smallest absolute Gasteiger partial charge is 0.312 e. The fourth-order valence-electron chi connectivity index (χ4n) is 1.86. The summed E-state index contributed by atoms with van der Waals surface area (Å²) in [4.78, 5) is 23.8. The Balaban J connectivity index is 2.04. The summed E-state index contributed by atoms with van der Waals surface area (Å²) >= 11 is 1.37. The van der Waals surface area contributed by atoms with E-state index in [2.05, 4.69) is 10.6 Å². The number of nitrogens with one attached hydrogen (secondary N) is 2. The van der Waals surface area contributed by atoms with E-state index in [0.717, 1.165) is 17.0 Å². The molecular formula is C14H13F2N3O2S. The van der Waals surface area contributed by atoms with Crippen LogP contribution < -0.4 is 16.4 Å². The number of thiophene rings is 1. The van der Waals surface area contributed by atoms with Gasteiger partial charge in [0.25, 0.3) is 0 Å². The first kappa shape index (κ1) is 15.9. The van der Waals surface area contributed by atoms with E-state index in [-0.39, 0.29) is 12.1 Å². The highest BCUT2D eigenvalue weighted by Crippen LogP contribution is 2.23. The summed E-state index contributed by atoms with van der Waals surface area (Å²) in [5.41, 5.74) is 5.23. The number of hydrogen-bond donors (Lipinski definition) is 3. The van der Waals surface area contributed by atoms with Gasteiger partial charge in [-0.15, -0.1) is 11.3 Å². The van der Waals surface area contributed by atoms with Gasteiger partial charge in [0.1, 0.15) is 0 Å². The van der Waals surface area contributed by atoms with Crippen LogP contribution in [-0.2, 0) is 4.79 Å². The molecule has 0 saturated heterocycles. The van der Waals surface area contributed by atoms with E-state index in [1.54, 1.807) is 17.5 Å². The highest BCUT2D eigenvalue weighted by molar-refractivity contribution is 7.10. The molecule has 1 aromatic carbocycles. The molecule has 1 aromatic heterocycles. The molecule has 0 fully saturated rings. The average Bonchev–Trinajstić information content (AvgIpc) is 2.95. The Kier molecular flexibility index (Phi) is 5.05. The Hall–Kier alpha value is -2.48. The molecule has 3 amide bonds. The highest BCUT2D eigenvalue weighted by atomic mass is 32.1. The van der Waals surface area contributed by atoms with Crippen molar-refractivity contribution >= 4 is 29.0 Å². The van der Waals surface area contributed by atoms with Crippen LogP contribution in [0, 0.1) is 11.6 Å². The predicted molar refractivity (Wildman–Crippen MR) is 79.4 cm³/mol. The second-order valence-corrected chi connectivity index (χ2v) is 5.44. The first-order valence-corrected chi connectivity index (χ1v) is 7.18. The minimum absolute atomic E-state index is 0.0809.